The standard InChI is InChI=1S/C38H38N4P2/c43-24-35-30-18-26-17-27(19-30)23-38(35,22-26)34-21-33(29-11-5-2-6-12-29)32(28-9-3-1-4-10-28)20-31(34)25-44(36-39-13-7-14-40-36)37-41-15-8-16-42-37/h1-16,20-21,26-27,30,35H,17-19,22-25,43H2. The van der Waals surface area contributed by atoms with Crippen molar-refractivity contribution >= 4 is 28.3 Å². The minimum atomic E-state index is -0.998. The molecule has 0 N–H and O–H groups in total. The maximum absolute atomic E-state index is 4.78. The average Bonchev–Trinajstić information content (AvgIpc) is 3.08. The molecule has 4 aliphatic rings. The van der Waals surface area contributed by atoms with E-state index in [2.05, 4.69) is 82.0 Å². The van der Waals surface area contributed by atoms with Crippen LogP contribution in [0.3, 0.4) is 0 Å². The predicted octanol–water partition coefficient (Wildman–Crippen LogP) is 7.80. The zero-order chi connectivity index (χ0) is 29.5. The van der Waals surface area contributed by atoms with E-state index in [1.807, 2.05) is 36.9 Å². The molecule has 4 atom stereocenters. The second-order valence-corrected chi connectivity index (χ2v) is 15.5. The lowest BCUT2D eigenvalue weighted by Gasteiger charge is -2.62. The molecule has 4 saturated carbocycles. The van der Waals surface area contributed by atoms with Gasteiger partial charge in [0.2, 0.25) is 0 Å². The highest BCUT2D eigenvalue weighted by Gasteiger charge is 2.57. The summed E-state index contributed by atoms with van der Waals surface area (Å²) in [4.78, 5) is 19.1. The van der Waals surface area contributed by atoms with Crippen LogP contribution in [0.4, 0.5) is 0 Å². The molecule has 0 spiro atoms. The Morgan fingerprint density at radius 1 is 0.659 bits per heavy atom. The summed E-state index contributed by atoms with van der Waals surface area (Å²) in [6, 6.07) is 30.9. The van der Waals surface area contributed by atoms with E-state index < -0.39 is 7.92 Å². The third-order valence-corrected chi connectivity index (χ3v) is 13.2. The first kappa shape index (κ1) is 28.2. The SMILES string of the molecule is PCC1C2CC3CC(C2)CC1(c1cc(-c2ccccc2)c(-c2ccccc2)cc1CP(c1ncccn1)c1ncccn1)C3. The Bertz CT molecular complexity index is 1680. The maximum Gasteiger partial charge on any atom is 0.158 e. The van der Waals surface area contributed by atoms with Crippen molar-refractivity contribution in [1.82, 2.24) is 19.9 Å². The maximum atomic E-state index is 4.78. The Labute approximate surface area is 264 Å². The Kier molecular flexibility index (Phi) is 7.61. The van der Waals surface area contributed by atoms with Gasteiger partial charge in [-0.05, 0) is 125 Å². The van der Waals surface area contributed by atoms with Crippen LogP contribution in [-0.4, -0.2) is 26.1 Å². The molecule has 4 nitrogen and oxygen atoms in total. The molecule has 220 valence electrons. The number of nitrogens with zero attached hydrogens (tertiary/aromatic N) is 4. The minimum Gasteiger partial charge on any atom is -0.237 e. The smallest absolute Gasteiger partial charge is 0.158 e. The summed E-state index contributed by atoms with van der Waals surface area (Å²) in [5, 5.41) is 0. The van der Waals surface area contributed by atoms with Gasteiger partial charge in [-0.15, -0.1) is 9.24 Å². The van der Waals surface area contributed by atoms with Gasteiger partial charge in [-0.1, -0.05) is 60.7 Å². The van der Waals surface area contributed by atoms with Crippen molar-refractivity contribution in [2.45, 2.75) is 43.7 Å². The number of aromatic nitrogens is 4. The minimum absolute atomic E-state index is 0.195. The van der Waals surface area contributed by atoms with Crippen molar-refractivity contribution in [3.63, 3.8) is 0 Å². The fourth-order valence-electron chi connectivity index (χ4n) is 9.20. The molecule has 4 fully saturated rings. The van der Waals surface area contributed by atoms with Crippen LogP contribution >= 0.6 is 17.2 Å². The Hall–Kier alpha value is -3.32. The summed E-state index contributed by atoms with van der Waals surface area (Å²) in [5.74, 6) is 3.21. The first-order valence-corrected chi connectivity index (χ1v) is 18.4. The van der Waals surface area contributed by atoms with Gasteiger partial charge in [0.15, 0.2) is 11.1 Å². The third-order valence-electron chi connectivity index (χ3n) is 10.6. The molecule has 0 saturated heterocycles. The average molecular weight is 613 g/mol. The number of benzene rings is 3. The van der Waals surface area contributed by atoms with E-state index in [0.29, 0.717) is 5.92 Å². The zero-order valence-electron chi connectivity index (χ0n) is 25.0. The van der Waals surface area contributed by atoms with E-state index in [0.717, 1.165) is 35.0 Å². The van der Waals surface area contributed by atoms with Crippen molar-refractivity contribution in [3.05, 3.63) is 121 Å². The predicted molar refractivity (Wildman–Crippen MR) is 185 cm³/mol. The highest BCUT2D eigenvalue weighted by Crippen LogP contribution is 2.65. The van der Waals surface area contributed by atoms with Crippen LogP contribution in [0.1, 0.15) is 43.2 Å². The summed E-state index contributed by atoms with van der Waals surface area (Å²) in [5.41, 5.74) is 10.1. The monoisotopic (exact) mass is 612 g/mol. The van der Waals surface area contributed by atoms with Gasteiger partial charge in [0, 0.05) is 38.9 Å². The van der Waals surface area contributed by atoms with Gasteiger partial charge < -0.3 is 0 Å². The van der Waals surface area contributed by atoms with Crippen LogP contribution in [0.5, 0.6) is 0 Å². The Morgan fingerprint density at radius 2 is 1.18 bits per heavy atom. The second kappa shape index (κ2) is 11.9. The molecular formula is C38H38N4P2. The molecule has 4 bridgehead atoms. The Balaban J connectivity index is 1.38. The first-order chi connectivity index (χ1) is 21.7. The molecule has 4 unspecified atom stereocenters. The van der Waals surface area contributed by atoms with Crippen LogP contribution in [0.15, 0.2) is 110 Å². The second-order valence-electron chi connectivity index (χ2n) is 13.1. The summed E-state index contributed by atoms with van der Waals surface area (Å²) >= 11 is 0. The van der Waals surface area contributed by atoms with Gasteiger partial charge in [0.25, 0.3) is 0 Å². The van der Waals surface area contributed by atoms with E-state index in [1.54, 1.807) is 5.56 Å². The molecular weight excluding hydrogens is 574 g/mol. The van der Waals surface area contributed by atoms with Gasteiger partial charge in [0.1, 0.15) is 0 Å². The zero-order valence-corrected chi connectivity index (χ0v) is 27.0. The molecule has 44 heavy (non-hydrogen) atoms. The quantitative estimate of drug-likeness (QED) is 0.168. The molecule has 2 heterocycles. The molecule has 6 heteroatoms. The molecule has 5 aromatic rings. The Morgan fingerprint density at radius 3 is 1.70 bits per heavy atom. The summed E-state index contributed by atoms with van der Waals surface area (Å²) in [6.45, 7) is 0. The lowest BCUT2D eigenvalue weighted by molar-refractivity contribution is -0.0520. The first-order valence-electron chi connectivity index (χ1n) is 16.0. The van der Waals surface area contributed by atoms with Crippen LogP contribution in [0.25, 0.3) is 22.3 Å². The van der Waals surface area contributed by atoms with Gasteiger partial charge in [-0.25, -0.2) is 19.9 Å². The molecule has 0 radical (unpaired) electrons. The fraction of sp³-hybridized carbons (Fsp3) is 0.316. The number of hydrogen-bond acceptors (Lipinski definition) is 4. The third kappa shape index (κ3) is 5.01. The molecule has 3 aromatic carbocycles. The molecule has 9 rings (SSSR count). The largest absolute Gasteiger partial charge is 0.237 e. The van der Waals surface area contributed by atoms with Gasteiger partial charge in [-0.3, -0.25) is 0 Å². The van der Waals surface area contributed by atoms with Crippen molar-refractivity contribution in [1.29, 1.82) is 0 Å². The van der Waals surface area contributed by atoms with Gasteiger partial charge in [-0.2, -0.15) is 0 Å². The topological polar surface area (TPSA) is 51.6 Å². The molecule has 2 aromatic heterocycles. The highest BCUT2D eigenvalue weighted by atomic mass is 31.1. The van der Waals surface area contributed by atoms with Gasteiger partial charge in [0.05, 0.1) is 0 Å². The molecule has 0 amide bonds. The van der Waals surface area contributed by atoms with Crippen LogP contribution < -0.4 is 11.1 Å². The van der Waals surface area contributed by atoms with Gasteiger partial charge >= 0.3 is 0 Å². The van der Waals surface area contributed by atoms with Crippen molar-refractivity contribution in [2.24, 2.45) is 23.7 Å². The fourth-order valence-corrected chi connectivity index (χ4v) is 11.9. The summed E-state index contributed by atoms with van der Waals surface area (Å²) in [6.07, 6.45) is 16.3. The van der Waals surface area contributed by atoms with Crippen molar-refractivity contribution in [3.8, 4) is 22.3 Å². The summed E-state index contributed by atoms with van der Waals surface area (Å²) < 4.78 is 0. The normalized spacial score (nSPS) is 25.4. The number of hydrogen-bond donors (Lipinski definition) is 0. The number of rotatable bonds is 8. The summed E-state index contributed by atoms with van der Waals surface area (Å²) in [7, 11) is 2.17. The van der Waals surface area contributed by atoms with Crippen molar-refractivity contribution < 1.29 is 0 Å². The molecule has 4 aliphatic carbocycles. The van der Waals surface area contributed by atoms with Crippen LogP contribution in [-0.2, 0) is 11.6 Å². The van der Waals surface area contributed by atoms with E-state index in [9.17, 15) is 0 Å². The lowest BCUT2D eigenvalue weighted by Crippen LogP contribution is -2.56. The highest BCUT2D eigenvalue weighted by molar-refractivity contribution is 7.71. The molecule has 0 aliphatic heterocycles. The van der Waals surface area contributed by atoms with E-state index in [1.165, 1.54) is 66.1 Å². The lowest BCUT2D eigenvalue weighted by atomic mass is 9.43. The van der Waals surface area contributed by atoms with Crippen LogP contribution in [0.2, 0.25) is 0 Å². The van der Waals surface area contributed by atoms with E-state index in [-0.39, 0.29) is 5.41 Å². The van der Waals surface area contributed by atoms with Crippen LogP contribution in [0, 0.1) is 23.7 Å². The van der Waals surface area contributed by atoms with E-state index >= 15 is 0 Å². The van der Waals surface area contributed by atoms with E-state index in [4.69, 9.17) is 19.9 Å². The van der Waals surface area contributed by atoms with Crippen molar-refractivity contribution in [2.75, 3.05) is 6.16 Å².